The van der Waals surface area contributed by atoms with E-state index in [1.165, 1.54) is 0 Å². The van der Waals surface area contributed by atoms with Gasteiger partial charge in [-0.2, -0.15) is 0 Å². The normalized spacial score (nSPS) is 11.8. The van der Waals surface area contributed by atoms with Crippen molar-refractivity contribution in [3.8, 4) is 17.2 Å². The maximum atomic E-state index is 9.72. The van der Waals surface area contributed by atoms with Crippen LogP contribution in [0.5, 0.6) is 5.75 Å². The fourth-order valence-electron chi connectivity index (χ4n) is 2.02. The van der Waals surface area contributed by atoms with Crippen molar-refractivity contribution < 1.29 is 9.52 Å². The molecular formula is C16H23N3O2. The van der Waals surface area contributed by atoms with E-state index < -0.39 is 0 Å². The average Bonchev–Trinajstić information content (AvgIpc) is 2.85. The number of phenolic OH excluding ortho intramolecular Hbond substituents is 1. The Bertz CT molecular complexity index is 600. The summed E-state index contributed by atoms with van der Waals surface area (Å²) in [5.41, 5.74) is 1.65. The molecule has 0 unspecified atom stereocenters. The van der Waals surface area contributed by atoms with E-state index in [4.69, 9.17) is 4.42 Å². The first-order chi connectivity index (χ1) is 9.87. The van der Waals surface area contributed by atoms with E-state index in [2.05, 4.69) is 36.3 Å². The van der Waals surface area contributed by atoms with Crippen LogP contribution in [0.3, 0.4) is 0 Å². The number of hydrogen-bond donors (Lipinski definition) is 2. The minimum Gasteiger partial charge on any atom is -0.508 e. The summed E-state index contributed by atoms with van der Waals surface area (Å²) in [6.45, 7) is 9.17. The Morgan fingerprint density at radius 1 is 1.24 bits per heavy atom. The standard InChI is InChI=1S/C16H23N3O2/c1-11-12(7-5-8-13(11)20)15-19-18-14(21-15)9-6-10-17-16(2,3)4/h5,7-8,17,20H,6,9-10H2,1-4H3. The second-order valence-electron chi connectivity index (χ2n) is 6.23. The minimum absolute atomic E-state index is 0.124. The van der Waals surface area contributed by atoms with Crippen LogP contribution in [0, 0.1) is 6.92 Å². The Morgan fingerprint density at radius 2 is 2.00 bits per heavy atom. The van der Waals surface area contributed by atoms with Gasteiger partial charge in [-0.3, -0.25) is 0 Å². The van der Waals surface area contributed by atoms with Crippen molar-refractivity contribution in [3.05, 3.63) is 29.7 Å². The SMILES string of the molecule is Cc1c(O)cccc1-c1nnc(CCCNC(C)(C)C)o1. The Hall–Kier alpha value is -1.88. The third-order valence-corrected chi connectivity index (χ3v) is 3.23. The summed E-state index contributed by atoms with van der Waals surface area (Å²) >= 11 is 0. The largest absolute Gasteiger partial charge is 0.508 e. The van der Waals surface area contributed by atoms with E-state index in [0.29, 0.717) is 11.8 Å². The summed E-state index contributed by atoms with van der Waals surface area (Å²) in [4.78, 5) is 0. The summed E-state index contributed by atoms with van der Waals surface area (Å²) in [6.07, 6.45) is 1.69. The first-order valence-corrected chi connectivity index (χ1v) is 7.23. The zero-order valence-electron chi connectivity index (χ0n) is 13.1. The van der Waals surface area contributed by atoms with Crippen LogP contribution in [0.2, 0.25) is 0 Å². The molecule has 1 aromatic carbocycles. The lowest BCUT2D eigenvalue weighted by Gasteiger charge is -2.19. The maximum absolute atomic E-state index is 9.72. The molecule has 0 saturated heterocycles. The molecule has 21 heavy (non-hydrogen) atoms. The van der Waals surface area contributed by atoms with Gasteiger partial charge in [-0.05, 0) is 52.8 Å². The van der Waals surface area contributed by atoms with Crippen molar-refractivity contribution in [1.82, 2.24) is 15.5 Å². The Morgan fingerprint density at radius 3 is 2.71 bits per heavy atom. The Kier molecular flexibility index (Phi) is 4.63. The second kappa shape index (κ2) is 6.26. The minimum atomic E-state index is 0.124. The molecule has 0 saturated carbocycles. The van der Waals surface area contributed by atoms with Gasteiger partial charge in [0, 0.05) is 23.1 Å². The number of aryl methyl sites for hydroxylation is 1. The zero-order chi connectivity index (χ0) is 15.5. The predicted molar refractivity (Wildman–Crippen MR) is 82.2 cm³/mol. The van der Waals surface area contributed by atoms with E-state index in [1.54, 1.807) is 12.1 Å². The van der Waals surface area contributed by atoms with Crippen LogP contribution in [-0.2, 0) is 6.42 Å². The third kappa shape index (κ3) is 4.29. The molecule has 1 heterocycles. The van der Waals surface area contributed by atoms with E-state index in [9.17, 15) is 5.11 Å². The van der Waals surface area contributed by atoms with E-state index >= 15 is 0 Å². The molecule has 5 heteroatoms. The molecule has 2 rings (SSSR count). The highest BCUT2D eigenvalue weighted by Gasteiger charge is 2.13. The number of benzene rings is 1. The third-order valence-electron chi connectivity index (χ3n) is 3.23. The average molecular weight is 289 g/mol. The molecular weight excluding hydrogens is 266 g/mol. The fraction of sp³-hybridized carbons (Fsp3) is 0.500. The molecule has 0 aliphatic rings. The summed E-state index contributed by atoms with van der Waals surface area (Å²) in [5.74, 6) is 1.33. The van der Waals surface area contributed by atoms with Crippen LogP contribution in [0.1, 0.15) is 38.6 Å². The summed E-state index contributed by atoms with van der Waals surface area (Å²) in [6, 6.07) is 5.29. The van der Waals surface area contributed by atoms with Crippen molar-refractivity contribution in [2.45, 2.75) is 46.1 Å². The van der Waals surface area contributed by atoms with Crippen LogP contribution < -0.4 is 5.32 Å². The monoisotopic (exact) mass is 289 g/mol. The number of aromatic nitrogens is 2. The molecule has 0 bridgehead atoms. The van der Waals surface area contributed by atoms with Gasteiger partial charge in [0.25, 0.3) is 0 Å². The smallest absolute Gasteiger partial charge is 0.248 e. The van der Waals surface area contributed by atoms with Crippen LogP contribution in [-0.4, -0.2) is 27.4 Å². The highest BCUT2D eigenvalue weighted by Crippen LogP contribution is 2.28. The lowest BCUT2D eigenvalue weighted by molar-refractivity contribution is 0.412. The van der Waals surface area contributed by atoms with Crippen LogP contribution in [0.25, 0.3) is 11.5 Å². The van der Waals surface area contributed by atoms with Gasteiger partial charge in [-0.1, -0.05) is 6.07 Å². The van der Waals surface area contributed by atoms with Crippen LogP contribution in [0.4, 0.5) is 0 Å². The molecule has 0 atom stereocenters. The molecule has 0 amide bonds. The van der Waals surface area contributed by atoms with Gasteiger partial charge < -0.3 is 14.8 Å². The fourth-order valence-corrected chi connectivity index (χ4v) is 2.02. The van der Waals surface area contributed by atoms with Crippen LogP contribution in [0.15, 0.2) is 22.6 Å². The van der Waals surface area contributed by atoms with Crippen molar-refractivity contribution >= 4 is 0 Å². The predicted octanol–water partition coefficient (Wildman–Crippen LogP) is 3.07. The molecule has 5 nitrogen and oxygen atoms in total. The Labute approximate surface area is 125 Å². The van der Waals surface area contributed by atoms with Crippen LogP contribution >= 0.6 is 0 Å². The molecule has 0 aliphatic carbocycles. The summed E-state index contributed by atoms with van der Waals surface area (Å²) in [5, 5.41) is 21.3. The van der Waals surface area contributed by atoms with Gasteiger partial charge in [-0.25, -0.2) is 0 Å². The maximum Gasteiger partial charge on any atom is 0.248 e. The number of nitrogens with one attached hydrogen (secondary N) is 1. The Balaban J connectivity index is 1.97. The molecule has 114 valence electrons. The van der Waals surface area contributed by atoms with Crippen molar-refractivity contribution in [2.75, 3.05) is 6.54 Å². The number of aromatic hydroxyl groups is 1. The lowest BCUT2D eigenvalue weighted by atomic mass is 10.1. The quantitative estimate of drug-likeness (QED) is 0.828. The number of rotatable bonds is 5. The molecule has 1 aromatic heterocycles. The number of nitrogens with zero attached hydrogens (tertiary/aromatic N) is 2. The molecule has 2 aromatic rings. The van der Waals surface area contributed by atoms with E-state index in [1.807, 2.05) is 13.0 Å². The van der Waals surface area contributed by atoms with Crippen molar-refractivity contribution in [2.24, 2.45) is 0 Å². The first kappa shape index (κ1) is 15.5. The van der Waals surface area contributed by atoms with Gasteiger partial charge in [0.1, 0.15) is 5.75 Å². The first-order valence-electron chi connectivity index (χ1n) is 7.23. The molecule has 2 N–H and O–H groups in total. The number of phenols is 1. The van der Waals surface area contributed by atoms with Crippen molar-refractivity contribution in [1.29, 1.82) is 0 Å². The van der Waals surface area contributed by atoms with Crippen molar-refractivity contribution in [3.63, 3.8) is 0 Å². The molecule has 0 aliphatic heterocycles. The molecule has 0 spiro atoms. The van der Waals surface area contributed by atoms with Gasteiger partial charge in [0.05, 0.1) is 0 Å². The van der Waals surface area contributed by atoms with Gasteiger partial charge in [0.2, 0.25) is 11.8 Å². The van der Waals surface area contributed by atoms with Gasteiger partial charge in [0.15, 0.2) is 0 Å². The summed E-state index contributed by atoms with van der Waals surface area (Å²) in [7, 11) is 0. The van der Waals surface area contributed by atoms with E-state index in [-0.39, 0.29) is 11.3 Å². The van der Waals surface area contributed by atoms with Gasteiger partial charge >= 0.3 is 0 Å². The zero-order valence-corrected chi connectivity index (χ0v) is 13.1. The van der Waals surface area contributed by atoms with Gasteiger partial charge in [-0.15, -0.1) is 10.2 Å². The second-order valence-corrected chi connectivity index (χ2v) is 6.23. The topological polar surface area (TPSA) is 71.2 Å². The summed E-state index contributed by atoms with van der Waals surface area (Å²) < 4.78 is 5.68. The van der Waals surface area contributed by atoms with E-state index in [0.717, 1.165) is 30.5 Å². The highest BCUT2D eigenvalue weighted by molar-refractivity contribution is 5.61. The lowest BCUT2D eigenvalue weighted by Crippen LogP contribution is -2.36. The molecule has 0 fully saturated rings. The highest BCUT2D eigenvalue weighted by atomic mass is 16.4. The number of hydrogen-bond acceptors (Lipinski definition) is 5. The molecule has 0 radical (unpaired) electrons.